The molecule has 0 aliphatic rings. The van der Waals surface area contributed by atoms with Crippen LogP contribution in [0.25, 0.3) is 5.69 Å². The van der Waals surface area contributed by atoms with Crippen LogP contribution in [0.4, 0.5) is 18.9 Å². The number of benzene rings is 2. The second-order valence-corrected chi connectivity index (χ2v) is 6.06. The predicted octanol–water partition coefficient (Wildman–Crippen LogP) is 2.39. The summed E-state index contributed by atoms with van der Waals surface area (Å²) in [6.45, 7) is -0.430. The fourth-order valence-corrected chi connectivity index (χ4v) is 2.60. The Hall–Kier alpha value is -3.76. The lowest BCUT2D eigenvalue weighted by atomic mass is 10.1. The van der Waals surface area contributed by atoms with E-state index < -0.39 is 30.1 Å². The van der Waals surface area contributed by atoms with E-state index in [4.69, 9.17) is 0 Å². The van der Waals surface area contributed by atoms with Gasteiger partial charge in [-0.3, -0.25) is 9.59 Å². The minimum absolute atomic E-state index is 0.268. The maximum absolute atomic E-state index is 13.0. The van der Waals surface area contributed by atoms with Gasteiger partial charge in [-0.1, -0.05) is 18.2 Å². The van der Waals surface area contributed by atoms with Crippen LogP contribution in [0, 0.1) is 0 Å². The molecule has 29 heavy (non-hydrogen) atoms. The van der Waals surface area contributed by atoms with Crippen LogP contribution in [0.15, 0.2) is 54.9 Å². The zero-order valence-electron chi connectivity index (χ0n) is 15.1. The molecule has 1 N–H and O–H groups in total. The molecule has 2 amide bonds. The largest absolute Gasteiger partial charge is 0.418 e. The van der Waals surface area contributed by atoms with Crippen molar-refractivity contribution >= 4 is 17.5 Å². The number of rotatable bonds is 5. The van der Waals surface area contributed by atoms with Crippen LogP contribution in [0.5, 0.6) is 0 Å². The molecule has 150 valence electrons. The number of alkyl halides is 3. The van der Waals surface area contributed by atoms with Crippen LogP contribution in [0.2, 0.25) is 0 Å². The van der Waals surface area contributed by atoms with Crippen LogP contribution in [0.1, 0.15) is 15.9 Å². The molecule has 0 aliphatic carbocycles. The Kier molecular flexibility index (Phi) is 5.57. The van der Waals surface area contributed by atoms with E-state index in [1.54, 1.807) is 18.2 Å². The van der Waals surface area contributed by atoms with Crippen molar-refractivity contribution in [3.63, 3.8) is 0 Å². The third-order valence-corrected chi connectivity index (χ3v) is 3.94. The number of nitrogens with zero attached hydrogens (tertiary/aromatic N) is 5. The number of nitrogens with one attached hydrogen (secondary N) is 1. The summed E-state index contributed by atoms with van der Waals surface area (Å²) in [7, 11) is 1.38. The molecule has 3 aromatic rings. The van der Waals surface area contributed by atoms with Crippen molar-refractivity contribution in [2.24, 2.45) is 0 Å². The standard InChI is InChI=1S/C18H15F3N6O2/c1-26(10-16(28)23-15-8-3-2-7-14(15)18(19,20)21)17(29)12-5-4-6-13(9-12)27-11-22-24-25-27/h2-9,11H,10H2,1H3,(H,23,28). The quantitative estimate of drug-likeness (QED) is 0.705. The van der Waals surface area contributed by atoms with Gasteiger partial charge in [0.25, 0.3) is 5.91 Å². The Morgan fingerprint density at radius 2 is 1.90 bits per heavy atom. The summed E-state index contributed by atoms with van der Waals surface area (Å²) in [4.78, 5) is 25.9. The average Bonchev–Trinajstić information content (AvgIpc) is 3.22. The Bertz CT molecular complexity index is 1020. The van der Waals surface area contributed by atoms with Gasteiger partial charge in [0.15, 0.2) is 0 Å². The van der Waals surface area contributed by atoms with Gasteiger partial charge in [0, 0.05) is 12.6 Å². The third-order valence-electron chi connectivity index (χ3n) is 3.94. The van der Waals surface area contributed by atoms with E-state index in [9.17, 15) is 22.8 Å². The minimum atomic E-state index is -4.61. The number of para-hydroxylation sites is 1. The van der Waals surface area contributed by atoms with Crippen molar-refractivity contribution < 1.29 is 22.8 Å². The first kappa shape index (κ1) is 20.0. The van der Waals surface area contributed by atoms with Gasteiger partial charge < -0.3 is 10.2 Å². The van der Waals surface area contributed by atoms with Gasteiger partial charge in [-0.2, -0.15) is 13.2 Å². The van der Waals surface area contributed by atoms with Crippen LogP contribution >= 0.6 is 0 Å². The zero-order valence-corrected chi connectivity index (χ0v) is 15.1. The van der Waals surface area contributed by atoms with Gasteiger partial charge >= 0.3 is 6.18 Å². The molecule has 0 saturated heterocycles. The highest BCUT2D eigenvalue weighted by Crippen LogP contribution is 2.34. The third kappa shape index (κ3) is 4.75. The Labute approximate surface area is 162 Å². The number of tetrazole rings is 1. The van der Waals surface area contributed by atoms with Crippen molar-refractivity contribution in [2.45, 2.75) is 6.18 Å². The summed E-state index contributed by atoms with van der Waals surface area (Å²) in [5.74, 6) is -1.24. The topological polar surface area (TPSA) is 93.0 Å². The molecule has 0 fully saturated rings. The normalized spacial score (nSPS) is 11.2. The second kappa shape index (κ2) is 8.09. The maximum Gasteiger partial charge on any atom is 0.418 e. The second-order valence-electron chi connectivity index (χ2n) is 6.06. The number of halogens is 3. The summed E-state index contributed by atoms with van der Waals surface area (Å²) < 4.78 is 40.5. The van der Waals surface area contributed by atoms with E-state index in [2.05, 4.69) is 20.8 Å². The summed E-state index contributed by atoms with van der Waals surface area (Å²) in [5.41, 5.74) is -0.523. The van der Waals surface area contributed by atoms with Gasteiger partial charge in [0.05, 0.1) is 23.5 Å². The van der Waals surface area contributed by atoms with Gasteiger partial charge in [0.2, 0.25) is 5.91 Å². The molecule has 1 heterocycles. The molecule has 0 bridgehead atoms. The van der Waals surface area contributed by atoms with Gasteiger partial charge in [-0.25, -0.2) is 4.68 Å². The summed E-state index contributed by atoms with van der Waals surface area (Å²) >= 11 is 0. The van der Waals surface area contributed by atoms with Crippen molar-refractivity contribution in [1.82, 2.24) is 25.1 Å². The van der Waals surface area contributed by atoms with Gasteiger partial charge in [-0.15, -0.1) is 5.10 Å². The number of hydrogen-bond donors (Lipinski definition) is 1. The summed E-state index contributed by atoms with van der Waals surface area (Å²) in [6, 6.07) is 11.0. The first-order valence-electron chi connectivity index (χ1n) is 8.30. The molecule has 2 aromatic carbocycles. The number of amides is 2. The molecule has 0 saturated carbocycles. The fourth-order valence-electron chi connectivity index (χ4n) is 2.60. The molecule has 0 aliphatic heterocycles. The van der Waals surface area contributed by atoms with Crippen molar-refractivity contribution in [1.29, 1.82) is 0 Å². The Morgan fingerprint density at radius 1 is 1.14 bits per heavy atom. The molecule has 3 rings (SSSR count). The highest BCUT2D eigenvalue weighted by atomic mass is 19.4. The number of carbonyl (C=O) groups is 2. The fraction of sp³-hybridized carbons (Fsp3) is 0.167. The number of hydrogen-bond acceptors (Lipinski definition) is 5. The molecule has 0 unspecified atom stereocenters. The number of aromatic nitrogens is 4. The number of carbonyl (C=O) groups excluding carboxylic acids is 2. The van der Waals surface area contributed by atoms with E-state index in [0.29, 0.717) is 5.69 Å². The van der Waals surface area contributed by atoms with E-state index >= 15 is 0 Å². The SMILES string of the molecule is CN(CC(=O)Nc1ccccc1C(F)(F)F)C(=O)c1cccc(-n2cnnn2)c1. The van der Waals surface area contributed by atoms with Gasteiger partial charge in [0.1, 0.15) is 6.33 Å². The molecule has 1 aromatic heterocycles. The summed E-state index contributed by atoms with van der Waals surface area (Å²) in [6.07, 6.45) is -3.25. The lowest BCUT2D eigenvalue weighted by Gasteiger charge is -2.18. The molecule has 0 radical (unpaired) electrons. The highest BCUT2D eigenvalue weighted by molar-refractivity contribution is 5.99. The first-order valence-corrected chi connectivity index (χ1v) is 8.30. The van der Waals surface area contributed by atoms with Crippen LogP contribution in [0.3, 0.4) is 0 Å². The molecular formula is C18H15F3N6O2. The minimum Gasteiger partial charge on any atom is -0.332 e. The molecule has 0 spiro atoms. The van der Waals surface area contributed by atoms with Crippen LogP contribution < -0.4 is 5.32 Å². The molecule has 0 atom stereocenters. The number of likely N-dealkylation sites (N-methyl/N-ethyl adjacent to an activating group) is 1. The summed E-state index contributed by atoms with van der Waals surface area (Å²) in [5, 5.41) is 13.0. The average molecular weight is 404 g/mol. The smallest absolute Gasteiger partial charge is 0.332 e. The van der Waals surface area contributed by atoms with E-state index in [0.717, 1.165) is 17.0 Å². The molecular weight excluding hydrogens is 389 g/mol. The number of anilines is 1. The van der Waals surface area contributed by atoms with E-state index in [1.807, 2.05) is 0 Å². The zero-order chi connectivity index (χ0) is 21.0. The molecule has 11 heteroatoms. The first-order chi connectivity index (χ1) is 13.8. The monoisotopic (exact) mass is 404 g/mol. The van der Waals surface area contributed by atoms with Crippen molar-refractivity contribution in [2.75, 3.05) is 18.9 Å². The Balaban J connectivity index is 1.69. The van der Waals surface area contributed by atoms with Crippen LogP contribution in [-0.4, -0.2) is 50.5 Å². The van der Waals surface area contributed by atoms with Gasteiger partial charge in [-0.05, 0) is 40.8 Å². The lowest BCUT2D eigenvalue weighted by Crippen LogP contribution is -2.35. The highest BCUT2D eigenvalue weighted by Gasteiger charge is 2.33. The van der Waals surface area contributed by atoms with E-state index in [-0.39, 0.29) is 11.3 Å². The lowest BCUT2D eigenvalue weighted by molar-refractivity contribution is -0.137. The van der Waals surface area contributed by atoms with Crippen molar-refractivity contribution in [3.05, 3.63) is 66.0 Å². The van der Waals surface area contributed by atoms with Crippen LogP contribution in [-0.2, 0) is 11.0 Å². The molecule has 8 nitrogen and oxygen atoms in total. The predicted molar refractivity (Wildman–Crippen MR) is 96.2 cm³/mol. The Morgan fingerprint density at radius 3 is 2.59 bits per heavy atom. The van der Waals surface area contributed by atoms with E-state index in [1.165, 1.54) is 36.3 Å². The van der Waals surface area contributed by atoms with Crippen molar-refractivity contribution in [3.8, 4) is 5.69 Å². The maximum atomic E-state index is 13.0.